The number of hydrogen-bond donors (Lipinski definition) is 1. The fourth-order valence-electron chi connectivity index (χ4n) is 6.96. The molecule has 1 N–H and O–H groups in total. The highest BCUT2D eigenvalue weighted by Crippen LogP contribution is 2.41. The number of carbonyl (C=O) groups excluding carboxylic acids is 2. The zero-order chi connectivity index (χ0) is 38.7. The Morgan fingerprint density at radius 3 is 2.07 bits per heavy atom. The van der Waals surface area contributed by atoms with E-state index in [9.17, 15) is 14.4 Å². The van der Waals surface area contributed by atoms with E-state index in [0.29, 0.717) is 29.9 Å². The van der Waals surface area contributed by atoms with Crippen LogP contribution in [0.1, 0.15) is 66.2 Å². The van der Waals surface area contributed by atoms with E-state index in [1.807, 2.05) is 63.2 Å². The molecule has 0 spiro atoms. The van der Waals surface area contributed by atoms with Crippen molar-refractivity contribution < 1.29 is 57.4 Å². The van der Waals surface area contributed by atoms with Gasteiger partial charge < -0.3 is 43.0 Å². The fraction of sp³-hybridized carbons (Fsp3) is 0.500. The second-order valence-corrected chi connectivity index (χ2v) is 15.3. The van der Waals surface area contributed by atoms with Gasteiger partial charge in [0.25, 0.3) is 0 Å². The molecule has 0 aromatic heterocycles. The number of esters is 2. The van der Waals surface area contributed by atoms with E-state index in [0.717, 1.165) is 11.3 Å². The van der Waals surface area contributed by atoms with Gasteiger partial charge in [-0.25, -0.2) is 9.59 Å². The molecule has 3 heterocycles. The van der Waals surface area contributed by atoms with Crippen LogP contribution in [-0.4, -0.2) is 97.4 Å². The zero-order valence-electron chi connectivity index (χ0n) is 31.3. The van der Waals surface area contributed by atoms with Crippen molar-refractivity contribution in [2.75, 3.05) is 31.3 Å². The molecule has 3 fully saturated rings. The average molecular weight is 779 g/mol. The average Bonchev–Trinajstić information content (AvgIpc) is 3.21. The Kier molecular flexibility index (Phi) is 14.7. The summed E-state index contributed by atoms with van der Waals surface area (Å²) in [7, 11) is 0. The van der Waals surface area contributed by atoms with Crippen LogP contribution in [0.15, 0.2) is 91.0 Å². The lowest BCUT2D eigenvalue weighted by molar-refractivity contribution is -0.381. The van der Waals surface area contributed by atoms with Crippen LogP contribution < -0.4 is 0 Å². The van der Waals surface area contributed by atoms with Crippen molar-refractivity contribution in [1.29, 1.82) is 0 Å². The number of fused-ring (bicyclic) bond motifs is 1. The number of aliphatic carboxylic acids is 1. The van der Waals surface area contributed by atoms with Gasteiger partial charge in [0.2, 0.25) is 0 Å². The lowest BCUT2D eigenvalue weighted by Gasteiger charge is -2.51. The highest BCUT2D eigenvalue weighted by molar-refractivity contribution is 7.99. The normalized spacial score (nSPS) is 30.5. The topological polar surface area (TPSA) is 145 Å². The molecule has 3 aliphatic heterocycles. The molecule has 11 atom stereocenters. The summed E-state index contributed by atoms with van der Waals surface area (Å²) >= 11 is 1.56. The maximum Gasteiger partial charge on any atom is 0.338 e. The van der Waals surface area contributed by atoms with Crippen molar-refractivity contribution in [2.45, 2.75) is 83.0 Å². The zero-order valence-corrected chi connectivity index (χ0v) is 32.1. The number of thioether (sulfide) groups is 1. The van der Waals surface area contributed by atoms with Crippen LogP contribution >= 0.6 is 11.8 Å². The summed E-state index contributed by atoms with van der Waals surface area (Å²) in [5, 5.41) is 8.94. The van der Waals surface area contributed by atoms with Gasteiger partial charge in [-0.1, -0.05) is 87.5 Å². The molecule has 0 aliphatic carbocycles. The number of rotatable bonds is 16. The predicted octanol–water partition coefficient (Wildman–Crippen LogP) is 6.54. The Morgan fingerprint density at radius 1 is 0.745 bits per heavy atom. The van der Waals surface area contributed by atoms with Crippen LogP contribution in [0.3, 0.4) is 0 Å². The van der Waals surface area contributed by atoms with Crippen LogP contribution in [-0.2, 0) is 42.7 Å². The molecular formula is C42H50O12S. The molecule has 12 nitrogen and oxygen atoms in total. The van der Waals surface area contributed by atoms with E-state index in [2.05, 4.69) is 0 Å². The first kappa shape index (κ1) is 40.8. The third kappa shape index (κ3) is 10.7. The standard InChI is InChI=1S/C42H50O12S/c1-26-27(2)36(52-39(46)30-16-9-5-10-17-30)42(50-32(26)24-48-38(45)29-14-7-4-8-15-29)53-35-28(3)40(47-21-13-22-55-23-20-34(43)44)51-33-25-49-41(54-37(33)35)31-18-11-6-12-19-31/h4-12,14-19,26-28,32-33,35-37,40-42H,13,20-25H2,1-3H3,(H,43,44)/t26-,27+,28?,32?,33?,35-,36?,37?,40+,41?,42+/m1/s1. The largest absolute Gasteiger partial charge is 0.481 e. The molecule has 3 aliphatic rings. The molecule has 0 radical (unpaired) electrons. The molecular weight excluding hydrogens is 729 g/mol. The molecule has 0 amide bonds. The summed E-state index contributed by atoms with van der Waals surface area (Å²) in [5.74, 6) is -1.37. The van der Waals surface area contributed by atoms with E-state index < -0.39 is 67.3 Å². The van der Waals surface area contributed by atoms with Crippen molar-refractivity contribution in [3.63, 3.8) is 0 Å². The smallest absolute Gasteiger partial charge is 0.338 e. The monoisotopic (exact) mass is 778 g/mol. The first-order valence-electron chi connectivity index (χ1n) is 18.9. The number of benzene rings is 3. The second-order valence-electron chi connectivity index (χ2n) is 14.1. The van der Waals surface area contributed by atoms with Crippen LogP contribution in [0.4, 0.5) is 0 Å². The lowest BCUT2D eigenvalue weighted by Crippen LogP contribution is -2.63. The van der Waals surface area contributed by atoms with Crippen molar-refractivity contribution in [3.8, 4) is 0 Å². The minimum absolute atomic E-state index is 0.0372. The first-order chi connectivity index (χ1) is 26.7. The molecule has 6 unspecified atom stereocenters. The predicted molar refractivity (Wildman–Crippen MR) is 202 cm³/mol. The van der Waals surface area contributed by atoms with E-state index in [1.54, 1.807) is 60.3 Å². The molecule has 55 heavy (non-hydrogen) atoms. The molecule has 296 valence electrons. The third-order valence-corrected chi connectivity index (χ3v) is 11.4. The van der Waals surface area contributed by atoms with Gasteiger partial charge in [0.15, 0.2) is 25.0 Å². The van der Waals surface area contributed by atoms with Gasteiger partial charge >= 0.3 is 17.9 Å². The lowest BCUT2D eigenvalue weighted by atomic mass is 9.83. The van der Waals surface area contributed by atoms with Crippen LogP contribution in [0.5, 0.6) is 0 Å². The van der Waals surface area contributed by atoms with Gasteiger partial charge in [-0.05, 0) is 42.4 Å². The fourth-order valence-corrected chi connectivity index (χ4v) is 7.81. The highest BCUT2D eigenvalue weighted by Gasteiger charge is 2.53. The quantitative estimate of drug-likeness (QED) is 0.124. The van der Waals surface area contributed by atoms with Crippen molar-refractivity contribution in [1.82, 2.24) is 0 Å². The van der Waals surface area contributed by atoms with E-state index in [-0.39, 0.29) is 37.4 Å². The number of carboxylic acids is 1. The van der Waals surface area contributed by atoms with Gasteiger partial charge in [-0.3, -0.25) is 4.79 Å². The van der Waals surface area contributed by atoms with Gasteiger partial charge in [0.05, 0.1) is 43.0 Å². The summed E-state index contributed by atoms with van der Waals surface area (Å²) < 4.78 is 51.1. The Bertz CT molecular complexity index is 1660. The number of carboxylic acid groups (broad SMARTS) is 1. The second kappa shape index (κ2) is 19.9. The summed E-state index contributed by atoms with van der Waals surface area (Å²) in [6, 6.07) is 27.1. The van der Waals surface area contributed by atoms with Crippen molar-refractivity contribution in [3.05, 3.63) is 108 Å². The molecule has 3 aromatic carbocycles. The maximum atomic E-state index is 13.5. The van der Waals surface area contributed by atoms with Crippen LogP contribution in [0, 0.1) is 17.8 Å². The minimum atomic E-state index is -1.07. The molecule has 6 rings (SSSR count). The number of ether oxygens (including phenoxy) is 8. The van der Waals surface area contributed by atoms with Crippen LogP contribution in [0.2, 0.25) is 0 Å². The van der Waals surface area contributed by atoms with Crippen molar-refractivity contribution in [2.24, 2.45) is 17.8 Å². The first-order valence-corrected chi connectivity index (χ1v) is 20.0. The molecule has 13 heteroatoms. The summed E-state index contributed by atoms with van der Waals surface area (Å²) in [6.45, 7) is 6.48. The van der Waals surface area contributed by atoms with Crippen molar-refractivity contribution >= 4 is 29.7 Å². The van der Waals surface area contributed by atoms with Gasteiger partial charge in [-0.15, -0.1) is 0 Å². The summed E-state index contributed by atoms with van der Waals surface area (Å²) in [5.41, 5.74) is 1.67. The molecule has 0 saturated carbocycles. The SMILES string of the molecule is CC1[C@@H](OCCCSCCC(=O)O)OC2COC(c3ccccc3)OC2[C@@H]1O[C@@H]1OC(COC(=O)c2ccccc2)[C@H](C)[C@H](C)C1OC(=O)c1ccccc1. The van der Waals surface area contributed by atoms with Gasteiger partial charge in [0.1, 0.15) is 18.8 Å². The third-order valence-electron chi connectivity index (χ3n) is 10.3. The highest BCUT2D eigenvalue weighted by atomic mass is 32.2. The molecule has 0 bridgehead atoms. The maximum absolute atomic E-state index is 13.5. The Balaban J connectivity index is 1.23. The van der Waals surface area contributed by atoms with E-state index in [1.165, 1.54) is 0 Å². The number of hydrogen-bond acceptors (Lipinski definition) is 12. The van der Waals surface area contributed by atoms with Gasteiger partial charge in [-0.2, -0.15) is 11.8 Å². The minimum Gasteiger partial charge on any atom is -0.481 e. The van der Waals surface area contributed by atoms with E-state index >= 15 is 0 Å². The van der Waals surface area contributed by atoms with Gasteiger partial charge in [0, 0.05) is 23.2 Å². The Morgan fingerprint density at radius 2 is 1.40 bits per heavy atom. The summed E-state index contributed by atoms with van der Waals surface area (Å²) in [4.78, 5) is 37.4. The van der Waals surface area contributed by atoms with Crippen LogP contribution in [0.25, 0.3) is 0 Å². The Labute approximate surface area is 326 Å². The molecule has 3 saturated heterocycles. The summed E-state index contributed by atoms with van der Waals surface area (Å²) in [6.07, 6.45) is -4.87. The Hall–Kier alpha value is -3.82. The number of carbonyl (C=O) groups is 3. The van der Waals surface area contributed by atoms with E-state index in [4.69, 9.17) is 43.0 Å². The molecule has 3 aromatic rings.